The zero-order chi connectivity index (χ0) is 15.7. The third-order valence-electron chi connectivity index (χ3n) is 5.18. The second-order valence-corrected chi connectivity index (χ2v) is 6.91. The normalized spacial score (nSPS) is 22.2. The van der Waals surface area contributed by atoms with Gasteiger partial charge in [0.05, 0.1) is 11.2 Å². The Labute approximate surface area is 155 Å². The van der Waals surface area contributed by atoms with E-state index in [2.05, 4.69) is 15.4 Å². The number of hydrogen-bond acceptors (Lipinski definition) is 5. The van der Waals surface area contributed by atoms with Gasteiger partial charge in [-0.2, -0.15) is 0 Å². The van der Waals surface area contributed by atoms with Gasteiger partial charge >= 0.3 is 0 Å². The van der Waals surface area contributed by atoms with Gasteiger partial charge in [0.1, 0.15) is 5.76 Å². The summed E-state index contributed by atoms with van der Waals surface area (Å²) in [6.07, 6.45) is 3.82. The molecule has 3 N–H and O–H groups in total. The van der Waals surface area contributed by atoms with E-state index in [9.17, 15) is 4.79 Å². The zero-order valence-corrected chi connectivity index (χ0v) is 16.0. The zero-order valence-electron chi connectivity index (χ0n) is 14.3. The van der Waals surface area contributed by atoms with Crippen molar-refractivity contribution in [3.8, 4) is 0 Å². The number of aryl methyl sites for hydroxylation is 2. The molecule has 1 unspecified atom stereocenters. The second-order valence-electron chi connectivity index (χ2n) is 6.91. The third-order valence-corrected chi connectivity index (χ3v) is 5.18. The topological polar surface area (TPSA) is 84.4 Å². The minimum Gasteiger partial charge on any atom is -0.361 e. The van der Waals surface area contributed by atoms with Crippen molar-refractivity contribution in [3.05, 3.63) is 17.0 Å². The van der Waals surface area contributed by atoms with Gasteiger partial charge in [0.15, 0.2) is 0 Å². The largest absolute Gasteiger partial charge is 0.361 e. The van der Waals surface area contributed by atoms with E-state index in [0.29, 0.717) is 5.92 Å². The highest BCUT2D eigenvalue weighted by atomic mass is 35.5. The average Bonchev–Trinajstić information content (AvgIpc) is 3.04. The highest BCUT2D eigenvalue weighted by Gasteiger charge is 2.40. The molecule has 1 saturated heterocycles. The van der Waals surface area contributed by atoms with Gasteiger partial charge in [-0.15, -0.1) is 24.8 Å². The number of nitrogens with zero attached hydrogens (tertiary/aromatic N) is 2. The van der Waals surface area contributed by atoms with Crippen molar-refractivity contribution in [1.82, 2.24) is 15.4 Å². The molecule has 8 heteroatoms. The van der Waals surface area contributed by atoms with Crippen molar-refractivity contribution < 1.29 is 9.32 Å². The van der Waals surface area contributed by atoms with Crippen LogP contribution in [-0.4, -0.2) is 41.1 Å². The van der Waals surface area contributed by atoms with E-state index in [-0.39, 0.29) is 30.7 Å². The minimum absolute atomic E-state index is 0. The van der Waals surface area contributed by atoms with Crippen LogP contribution in [0.25, 0.3) is 0 Å². The number of likely N-dealkylation sites (tertiary alicyclic amines) is 1. The van der Waals surface area contributed by atoms with Crippen LogP contribution in [0.4, 0.5) is 0 Å². The van der Waals surface area contributed by atoms with E-state index in [4.69, 9.17) is 10.3 Å². The van der Waals surface area contributed by atoms with Crippen LogP contribution in [0.3, 0.4) is 0 Å². The first-order valence-electron chi connectivity index (χ1n) is 8.19. The lowest BCUT2D eigenvalue weighted by Crippen LogP contribution is -2.59. The van der Waals surface area contributed by atoms with Crippen molar-refractivity contribution in [2.45, 2.75) is 51.6 Å². The number of hydrogen-bond donors (Lipinski definition) is 2. The first-order chi connectivity index (χ1) is 10.5. The maximum Gasteiger partial charge on any atom is 0.240 e. The van der Waals surface area contributed by atoms with Gasteiger partial charge in [0.25, 0.3) is 0 Å². The van der Waals surface area contributed by atoms with Gasteiger partial charge in [-0.05, 0) is 52.0 Å². The first kappa shape index (κ1) is 21.2. The summed E-state index contributed by atoms with van der Waals surface area (Å²) < 4.78 is 5.22. The Morgan fingerprint density at radius 1 is 1.42 bits per heavy atom. The van der Waals surface area contributed by atoms with Crippen LogP contribution in [0.5, 0.6) is 0 Å². The molecule has 0 aromatic carbocycles. The number of rotatable bonds is 5. The van der Waals surface area contributed by atoms with Crippen LogP contribution in [0.1, 0.15) is 42.7 Å². The summed E-state index contributed by atoms with van der Waals surface area (Å²) in [4.78, 5) is 14.5. The van der Waals surface area contributed by atoms with Gasteiger partial charge in [-0.1, -0.05) is 5.16 Å². The fourth-order valence-corrected chi connectivity index (χ4v) is 3.37. The number of carbonyl (C=O) groups is 1. The van der Waals surface area contributed by atoms with Gasteiger partial charge in [0.2, 0.25) is 5.91 Å². The summed E-state index contributed by atoms with van der Waals surface area (Å²) in [5.74, 6) is 1.44. The Morgan fingerprint density at radius 2 is 2.12 bits per heavy atom. The van der Waals surface area contributed by atoms with E-state index in [1.54, 1.807) is 0 Å². The highest BCUT2D eigenvalue weighted by molar-refractivity contribution is 5.87. The molecule has 2 fully saturated rings. The Morgan fingerprint density at radius 3 is 2.67 bits per heavy atom. The number of carbonyl (C=O) groups excluding carboxylic acids is 1. The van der Waals surface area contributed by atoms with Crippen molar-refractivity contribution in [2.75, 3.05) is 19.6 Å². The molecule has 0 radical (unpaired) electrons. The van der Waals surface area contributed by atoms with Crippen LogP contribution in [0.15, 0.2) is 4.52 Å². The van der Waals surface area contributed by atoms with Crippen LogP contribution < -0.4 is 11.1 Å². The molecule has 1 amide bonds. The molecular weight excluding hydrogens is 351 g/mol. The predicted octanol–water partition coefficient (Wildman–Crippen LogP) is 1.95. The van der Waals surface area contributed by atoms with Crippen molar-refractivity contribution in [3.63, 3.8) is 0 Å². The lowest BCUT2D eigenvalue weighted by Gasteiger charge is -2.36. The summed E-state index contributed by atoms with van der Waals surface area (Å²) in [6, 6.07) is 0. The molecule has 6 nitrogen and oxygen atoms in total. The Kier molecular flexibility index (Phi) is 7.53. The number of halogens is 2. The van der Waals surface area contributed by atoms with Crippen LogP contribution in [0.2, 0.25) is 0 Å². The molecule has 0 bridgehead atoms. The average molecular weight is 379 g/mol. The van der Waals surface area contributed by atoms with E-state index < -0.39 is 5.54 Å². The molecule has 24 heavy (non-hydrogen) atoms. The standard InChI is InChI=1S/C16H26N4O2.2ClH/c1-11-14(12(2)22-19-11)10-20-7-4-13(9-20)8-18-15(21)16(17)5-3-6-16;;/h13H,3-10,17H2,1-2H3,(H,18,21);2*1H. The molecule has 2 heterocycles. The lowest BCUT2D eigenvalue weighted by molar-refractivity contribution is -0.129. The molecule has 1 saturated carbocycles. The molecule has 1 aromatic rings. The summed E-state index contributed by atoms with van der Waals surface area (Å²) in [5, 5.41) is 7.05. The van der Waals surface area contributed by atoms with Gasteiger partial charge in [0, 0.05) is 25.2 Å². The van der Waals surface area contributed by atoms with Gasteiger partial charge in [-0.3, -0.25) is 9.69 Å². The number of nitrogens with two attached hydrogens (primary N) is 1. The summed E-state index contributed by atoms with van der Waals surface area (Å²) >= 11 is 0. The molecule has 2 aliphatic rings. The van der Waals surface area contributed by atoms with Crippen LogP contribution in [-0.2, 0) is 11.3 Å². The summed E-state index contributed by atoms with van der Waals surface area (Å²) in [5.41, 5.74) is 7.62. The second kappa shape index (κ2) is 8.52. The van der Waals surface area contributed by atoms with E-state index >= 15 is 0 Å². The van der Waals surface area contributed by atoms with E-state index in [1.807, 2.05) is 13.8 Å². The summed E-state index contributed by atoms with van der Waals surface area (Å²) in [6.45, 7) is 7.62. The third kappa shape index (κ3) is 4.42. The smallest absolute Gasteiger partial charge is 0.240 e. The molecule has 3 rings (SSSR count). The molecular formula is C16H28Cl2N4O2. The maximum absolute atomic E-state index is 12.1. The van der Waals surface area contributed by atoms with Crippen molar-refractivity contribution in [1.29, 1.82) is 0 Å². The molecule has 0 spiro atoms. The van der Waals surface area contributed by atoms with Crippen LogP contribution >= 0.6 is 24.8 Å². The molecule has 1 aromatic heterocycles. The Bertz CT molecular complexity index is 541. The van der Waals surface area contributed by atoms with E-state index in [1.165, 1.54) is 5.56 Å². The highest BCUT2D eigenvalue weighted by Crippen LogP contribution is 2.29. The van der Waals surface area contributed by atoms with Crippen molar-refractivity contribution >= 4 is 30.7 Å². The fourth-order valence-electron chi connectivity index (χ4n) is 3.37. The van der Waals surface area contributed by atoms with Gasteiger partial charge < -0.3 is 15.6 Å². The number of nitrogens with one attached hydrogen (secondary N) is 1. The predicted molar refractivity (Wildman–Crippen MR) is 97.6 cm³/mol. The molecule has 1 atom stereocenters. The van der Waals surface area contributed by atoms with Crippen LogP contribution in [0, 0.1) is 19.8 Å². The SMILES string of the molecule is Cc1noc(C)c1CN1CCC(CNC(=O)C2(N)CCC2)C1.Cl.Cl. The van der Waals surface area contributed by atoms with Gasteiger partial charge in [-0.25, -0.2) is 0 Å². The molecule has 1 aliphatic carbocycles. The quantitative estimate of drug-likeness (QED) is 0.817. The summed E-state index contributed by atoms with van der Waals surface area (Å²) in [7, 11) is 0. The van der Waals surface area contributed by atoms with Crippen molar-refractivity contribution in [2.24, 2.45) is 11.7 Å². The number of amides is 1. The fraction of sp³-hybridized carbons (Fsp3) is 0.750. The first-order valence-corrected chi connectivity index (χ1v) is 8.19. The van der Waals surface area contributed by atoms with E-state index in [0.717, 1.165) is 63.3 Å². The Balaban J connectivity index is 0.00000144. The maximum atomic E-state index is 12.1. The molecule has 138 valence electrons. The molecule has 1 aliphatic heterocycles. The Hall–Kier alpha value is -0.820. The lowest BCUT2D eigenvalue weighted by atomic mass is 9.77. The monoisotopic (exact) mass is 378 g/mol. The number of aromatic nitrogens is 1. The minimum atomic E-state index is -0.588.